The molecule has 0 aromatic heterocycles. The number of fused-ring (bicyclic) bond motifs is 1. The molecule has 98 valence electrons. The Morgan fingerprint density at radius 2 is 1.80 bits per heavy atom. The SMILES string of the molecule is CO/C([O-])=C(\C)[N-]C(=O)c1cccc2ccccc12.[Li+]. The molecule has 0 unspecified atom stereocenters. The number of hydrogen-bond acceptors (Lipinski definition) is 3. The van der Waals surface area contributed by atoms with Gasteiger partial charge < -0.3 is 20.0 Å². The molecule has 0 saturated heterocycles. The van der Waals surface area contributed by atoms with Crippen molar-refractivity contribution in [3.8, 4) is 0 Å². The fourth-order valence-electron chi connectivity index (χ4n) is 1.82. The van der Waals surface area contributed by atoms with Gasteiger partial charge in [-0.15, -0.1) is 5.70 Å². The molecule has 5 heteroatoms. The molecule has 0 spiro atoms. The van der Waals surface area contributed by atoms with Crippen molar-refractivity contribution < 1.29 is 33.5 Å². The molecule has 0 heterocycles. The van der Waals surface area contributed by atoms with E-state index in [0.29, 0.717) is 5.56 Å². The van der Waals surface area contributed by atoms with Gasteiger partial charge in [-0.05, 0) is 17.9 Å². The second-order valence-electron chi connectivity index (χ2n) is 4.02. The van der Waals surface area contributed by atoms with Crippen LogP contribution in [0.25, 0.3) is 16.1 Å². The number of amides is 1. The van der Waals surface area contributed by atoms with E-state index in [9.17, 15) is 9.90 Å². The number of rotatable bonds is 3. The molecule has 20 heavy (non-hydrogen) atoms. The first-order chi connectivity index (χ1) is 9.13. The van der Waals surface area contributed by atoms with Gasteiger partial charge in [0, 0.05) is 11.5 Å². The summed E-state index contributed by atoms with van der Waals surface area (Å²) < 4.78 is 4.51. The number of nitrogens with zero attached hydrogens (tertiary/aromatic N) is 1. The van der Waals surface area contributed by atoms with Crippen molar-refractivity contribution in [1.82, 2.24) is 0 Å². The van der Waals surface area contributed by atoms with Gasteiger partial charge in [-0.25, -0.2) is 0 Å². The van der Waals surface area contributed by atoms with E-state index in [1.807, 2.05) is 30.3 Å². The summed E-state index contributed by atoms with van der Waals surface area (Å²) in [6.07, 6.45) is 0. The van der Waals surface area contributed by atoms with Crippen molar-refractivity contribution in [2.75, 3.05) is 7.11 Å². The zero-order valence-corrected chi connectivity index (χ0v) is 11.7. The third-order valence-electron chi connectivity index (χ3n) is 2.77. The molecule has 1 amide bonds. The van der Waals surface area contributed by atoms with Gasteiger partial charge in [0.05, 0.1) is 5.91 Å². The summed E-state index contributed by atoms with van der Waals surface area (Å²) in [4.78, 5) is 12.1. The maximum Gasteiger partial charge on any atom is 1.00 e. The third-order valence-corrected chi connectivity index (χ3v) is 2.77. The number of allylic oxidation sites excluding steroid dienone is 1. The van der Waals surface area contributed by atoms with Crippen LogP contribution >= 0.6 is 0 Å². The van der Waals surface area contributed by atoms with Gasteiger partial charge >= 0.3 is 18.9 Å². The quantitative estimate of drug-likeness (QED) is 0.556. The average molecular weight is 262 g/mol. The van der Waals surface area contributed by atoms with E-state index >= 15 is 0 Å². The van der Waals surface area contributed by atoms with Crippen molar-refractivity contribution >= 4 is 16.7 Å². The molecule has 2 aromatic carbocycles. The number of ether oxygens (including phenoxy) is 1. The van der Waals surface area contributed by atoms with E-state index in [4.69, 9.17) is 0 Å². The van der Waals surface area contributed by atoms with Crippen molar-refractivity contribution in [3.05, 3.63) is 65.0 Å². The normalized spacial score (nSPS) is 11.3. The van der Waals surface area contributed by atoms with E-state index in [2.05, 4.69) is 10.1 Å². The summed E-state index contributed by atoms with van der Waals surface area (Å²) in [5, 5.41) is 16.8. The fraction of sp³-hybridized carbons (Fsp3) is 0.133. The second kappa shape index (κ2) is 7.04. The number of methoxy groups -OCH3 is 1. The molecule has 0 fully saturated rings. The topological polar surface area (TPSA) is 63.5 Å². The Hall–Kier alpha value is -1.89. The van der Waals surface area contributed by atoms with Crippen LogP contribution in [-0.2, 0) is 4.74 Å². The Balaban J connectivity index is 0.00000200. The van der Waals surface area contributed by atoms with Gasteiger partial charge in [0.25, 0.3) is 0 Å². The van der Waals surface area contributed by atoms with Gasteiger partial charge in [-0.1, -0.05) is 49.4 Å². The first-order valence-corrected chi connectivity index (χ1v) is 5.79. The molecule has 0 atom stereocenters. The van der Waals surface area contributed by atoms with E-state index in [1.54, 1.807) is 12.1 Å². The van der Waals surface area contributed by atoms with Crippen molar-refractivity contribution in [3.63, 3.8) is 0 Å². The van der Waals surface area contributed by atoms with Crippen LogP contribution in [-0.4, -0.2) is 13.0 Å². The predicted octanol–water partition coefficient (Wildman–Crippen LogP) is -0.447. The van der Waals surface area contributed by atoms with Crippen molar-refractivity contribution in [1.29, 1.82) is 0 Å². The molecule has 0 radical (unpaired) electrons. The van der Waals surface area contributed by atoms with Crippen molar-refractivity contribution in [2.24, 2.45) is 0 Å². The van der Waals surface area contributed by atoms with E-state index in [-0.39, 0.29) is 24.6 Å². The minimum Gasteiger partial charge on any atom is -0.625 e. The van der Waals surface area contributed by atoms with Crippen LogP contribution in [0.15, 0.2) is 54.1 Å². The first kappa shape index (κ1) is 16.2. The smallest absolute Gasteiger partial charge is 0.625 e. The Morgan fingerprint density at radius 3 is 2.50 bits per heavy atom. The van der Waals surface area contributed by atoms with Crippen LogP contribution in [0.4, 0.5) is 0 Å². The van der Waals surface area contributed by atoms with Gasteiger partial charge in [-0.2, -0.15) is 0 Å². The van der Waals surface area contributed by atoms with Crippen LogP contribution < -0.4 is 24.0 Å². The van der Waals surface area contributed by atoms with E-state index < -0.39 is 11.9 Å². The molecular weight excluding hydrogens is 249 g/mol. The van der Waals surface area contributed by atoms with Crippen LogP contribution in [0.1, 0.15) is 17.3 Å². The maximum absolute atomic E-state index is 12.1. The molecule has 0 aliphatic rings. The standard InChI is InChI=1S/C15H15NO3.Li/c1-10(15(18)19-2)16-14(17)13-9-5-7-11-6-3-4-8-12(11)13;/h3-9H,1-2H3,(H2,16,17,18);/q;+1/p-2/b15-10+;. The van der Waals surface area contributed by atoms with Crippen LogP contribution in [0, 0.1) is 0 Å². The molecule has 2 aromatic rings. The van der Waals surface area contributed by atoms with Gasteiger partial charge in [0.2, 0.25) is 0 Å². The van der Waals surface area contributed by atoms with Crippen LogP contribution in [0.2, 0.25) is 0 Å². The van der Waals surface area contributed by atoms with Crippen LogP contribution in [0.5, 0.6) is 0 Å². The van der Waals surface area contributed by atoms with Crippen molar-refractivity contribution in [2.45, 2.75) is 6.92 Å². The average Bonchev–Trinajstić information content (AvgIpc) is 2.45. The number of carbonyl (C=O) groups is 1. The van der Waals surface area contributed by atoms with Crippen LogP contribution in [0.3, 0.4) is 0 Å². The Morgan fingerprint density at radius 1 is 1.15 bits per heavy atom. The van der Waals surface area contributed by atoms with Gasteiger partial charge in [0.1, 0.15) is 0 Å². The molecule has 4 nitrogen and oxygen atoms in total. The largest absolute Gasteiger partial charge is 1.00 e. The summed E-state index contributed by atoms with van der Waals surface area (Å²) in [6, 6.07) is 12.9. The predicted molar refractivity (Wildman–Crippen MR) is 71.3 cm³/mol. The summed E-state index contributed by atoms with van der Waals surface area (Å²) >= 11 is 0. The van der Waals surface area contributed by atoms with Gasteiger partial charge in [0.15, 0.2) is 0 Å². The molecule has 0 aliphatic carbocycles. The van der Waals surface area contributed by atoms with Gasteiger partial charge in [-0.3, -0.25) is 0 Å². The molecule has 0 saturated carbocycles. The maximum atomic E-state index is 12.1. The van der Waals surface area contributed by atoms with E-state index in [1.165, 1.54) is 14.0 Å². The Bertz CT molecular complexity index is 647. The summed E-state index contributed by atoms with van der Waals surface area (Å²) in [5.74, 6) is -1.05. The summed E-state index contributed by atoms with van der Waals surface area (Å²) in [5.41, 5.74) is 0.516. The molecule has 0 bridgehead atoms. The fourth-order valence-corrected chi connectivity index (χ4v) is 1.82. The Kier molecular flexibility index (Phi) is 5.69. The molecule has 0 aliphatic heterocycles. The number of carbonyl (C=O) groups excluding carboxylic acids is 1. The molecule has 0 N–H and O–H groups in total. The minimum absolute atomic E-state index is 0. The summed E-state index contributed by atoms with van der Waals surface area (Å²) in [7, 11) is 1.25. The Labute approximate surface area is 129 Å². The number of benzene rings is 2. The summed E-state index contributed by atoms with van der Waals surface area (Å²) in [6.45, 7) is 1.45. The monoisotopic (exact) mass is 262 g/mol. The number of hydrogen-bond donors (Lipinski definition) is 0. The minimum atomic E-state index is -0.603. The molecular formula is C15H13LiNO3-. The zero-order valence-electron chi connectivity index (χ0n) is 11.7. The second-order valence-corrected chi connectivity index (χ2v) is 4.02. The molecule has 2 rings (SSSR count). The zero-order chi connectivity index (χ0) is 13.8. The first-order valence-electron chi connectivity index (χ1n) is 5.79. The third kappa shape index (κ3) is 3.35. The van der Waals surface area contributed by atoms with E-state index in [0.717, 1.165) is 10.8 Å².